The van der Waals surface area contributed by atoms with Gasteiger partial charge in [0, 0.05) is 38.1 Å². The molecule has 0 unspecified atom stereocenters. The van der Waals surface area contributed by atoms with E-state index in [1.807, 2.05) is 31.0 Å². The highest BCUT2D eigenvalue weighted by Crippen LogP contribution is 2.31. The van der Waals surface area contributed by atoms with E-state index >= 15 is 0 Å². The van der Waals surface area contributed by atoms with Crippen LogP contribution in [-0.4, -0.2) is 18.6 Å². The van der Waals surface area contributed by atoms with Crippen LogP contribution in [-0.2, 0) is 6.54 Å². The largest absolute Gasteiger partial charge is 0.490 e. The third-order valence-electron chi connectivity index (χ3n) is 3.12. The van der Waals surface area contributed by atoms with Crippen molar-refractivity contribution in [3.63, 3.8) is 0 Å². The summed E-state index contributed by atoms with van der Waals surface area (Å²) in [5.74, 6) is -0.190. The van der Waals surface area contributed by atoms with Gasteiger partial charge in [-0.2, -0.15) is 0 Å². The molecule has 0 bridgehead atoms. The Bertz CT molecular complexity index is 590. The van der Waals surface area contributed by atoms with Gasteiger partial charge in [-0.25, -0.2) is 4.39 Å². The number of nitrogens with two attached hydrogens (primary N) is 1. The molecule has 0 atom stereocenters. The molecule has 1 aromatic carbocycles. The van der Waals surface area contributed by atoms with Crippen LogP contribution < -0.4 is 15.4 Å². The molecule has 0 spiro atoms. The van der Waals surface area contributed by atoms with Gasteiger partial charge in [0.05, 0.1) is 18.0 Å². The van der Waals surface area contributed by atoms with Crippen molar-refractivity contribution in [3.05, 3.63) is 48.0 Å². The smallest absolute Gasteiger partial charge is 0.167 e. The molecule has 2 N–H and O–H groups in total. The number of ether oxygens (including phenoxy) is 1. The second-order valence-corrected chi connectivity index (χ2v) is 4.90. The predicted molar refractivity (Wildman–Crippen MR) is 82.9 cm³/mol. The summed E-state index contributed by atoms with van der Waals surface area (Å²) in [4.78, 5) is 5.95. The number of benzene rings is 1. The molecule has 1 aromatic heterocycles. The fourth-order valence-electron chi connectivity index (χ4n) is 2.06. The lowest BCUT2D eigenvalue weighted by molar-refractivity contribution is 0.301. The molecular weight excluding hydrogens is 269 g/mol. The van der Waals surface area contributed by atoms with E-state index in [-0.39, 0.29) is 5.75 Å². The SMILES string of the molecule is CCCOc1cc(N(C)Cc2ccncc2)c(N)cc1F. The second kappa shape index (κ2) is 6.92. The molecule has 0 radical (unpaired) electrons. The molecule has 0 saturated heterocycles. The topological polar surface area (TPSA) is 51.4 Å². The fraction of sp³-hybridized carbons (Fsp3) is 0.312. The molecular formula is C16H20FN3O. The maximum absolute atomic E-state index is 13.8. The summed E-state index contributed by atoms with van der Waals surface area (Å²) in [6.45, 7) is 3.12. The summed E-state index contributed by atoms with van der Waals surface area (Å²) in [5, 5.41) is 0. The van der Waals surface area contributed by atoms with Gasteiger partial charge in [-0.15, -0.1) is 0 Å². The standard InChI is InChI=1S/C16H20FN3O/c1-3-8-21-16-10-15(14(18)9-13(16)17)20(2)11-12-4-6-19-7-5-12/h4-7,9-10H,3,8,11,18H2,1-2H3. The minimum absolute atomic E-state index is 0.239. The van der Waals surface area contributed by atoms with E-state index in [4.69, 9.17) is 10.5 Å². The molecule has 21 heavy (non-hydrogen) atoms. The average Bonchev–Trinajstić information content (AvgIpc) is 2.47. The third-order valence-corrected chi connectivity index (χ3v) is 3.12. The van der Waals surface area contributed by atoms with Gasteiger partial charge in [-0.05, 0) is 24.1 Å². The van der Waals surface area contributed by atoms with Crippen LogP contribution in [0.3, 0.4) is 0 Å². The van der Waals surface area contributed by atoms with Crippen molar-refractivity contribution < 1.29 is 9.13 Å². The van der Waals surface area contributed by atoms with Gasteiger partial charge in [0.2, 0.25) is 0 Å². The van der Waals surface area contributed by atoms with Crippen molar-refractivity contribution in [3.8, 4) is 5.75 Å². The van der Waals surface area contributed by atoms with E-state index in [0.717, 1.165) is 17.7 Å². The van der Waals surface area contributed by atoms with Gasteiger partial charge in [0.25, 0.3) is 0 Å². The molecule has 2 rings (SSSR count). The van der Waals surface area contributed by atoms with Crippen LogP contribution in [0.2, 0.25) is 0 Å². The first-order valence-corrected chi connectivity index (χ1v) is 6.93. The zero-order valence-electron chi connectivity index (χ0n) is 12.3. The number of halogens is 1. The number of anilines is 2. The molecule has 2 aromatic rings. The van der Waals surface area contributed by atoms with Crippen molar-refractivity contribution in [2.75, 3.05) is 24.3 Å². The maximum atomic E-state index is 13.8. The van der Waals surface area contributed by atoms with Crippen LogP contribution in [0.5, 0.6) is 5.75 Å². The van der Waals surface area contributed by atoms with Gasteiger partial charge in [0.15, 0.2) is 11.6 Å². The highest BCUT2D eigenvalue weighted by atomic mass is 19.1. The summed E-state index contributed by atoms with van der Waals surface area (Å²) in [7, 11) is 1.91. The zero-order valence-corrected chi connectivity index (χ0v) is 12.3. The fourth-order valence-corrected chi connectivity index (χ4v) is 2.06. The molecule has 0 aliphatic heterocycles. The third kappa shape index (κ3) is 3.84. The van der Waals surface area contributed by atoms with E-state index in [9.17, 15) is 4.39 Å². The second-order valence-electron chi connectivity index (χ2n) is 4.90. The van der Waals surface area contributed by atoms with Gasteiger partial charge >= 0.3 is 0 Å². The van der Waals surface area contributed by atoms with E-state index in [1.165, 1.54) is 6.07 Å². The minimum Gasteiger partial charge on any atom is -0.490 e. The van der Waals surface area contributed by atoms with Crippen LogP contribution in [0.4, 0.5) is 15.8 Å². The van der Waals surface area contributed by atoms with Crippen molar-refractivity contribution >= 4 is 11.4 Å². The average molecular weight is 289 g/mol. The molecule has 0 amide bonds. The number of pyridine rings is 1. The van der Waals surface area contributed by atoms with Crippen molar-refractivity contribution in [2.45, 2.75) is 19.9 Å². The number of rotatable bonds is 6. The Balaban J connectivity index is 2.21. The molecule has 112 valence electrons. The first kappa shape index (κ1) is 15.1. The highest BCUT2D eigenvalue weighted by molar-refractivity contribution is 5.69. The number of hydrogen-bond donors (Lipinski definition) is 1. The van der Waals surface area contributed by atoms with E-state index in [1.54, 1.807) is 18.5 Å². The number of nitrogen functional groups attached to an aromatic ring is 1. The Labute approximate surface area is 124 Å². The molecule has 0 fully saturated rings. The molecule has 5 heteroatoms. The monoisotopic (exact) mass is 289 g/mol. The summed E-state index contributed by atoms with van der Waals surface area (Å²) < 4.78 is 19.2. The highest BCUT2D eigenvalue weighted by Gasteiger charge is 2.12. The summed E-state index contributed by atoms with van der Waals surface area (Å²) in [6, 6.07) is 6.83. The lowest BCUT2D eigenvalue weighted by Gasteiger charge is -2.22. The number of hydrogen-bond acceptors (Lipinski definition) is 4. The Morgan fingerprint density at radius 3 is 2.67 bits per heavy atom. The van der Waals surface area contributed by atoms with Gasteiger partial charge < -0.3 is 15.4 Å². The zero-order chi connectivity index (χ0) is 15.2. The maximum Gasteiger partial charge on any atom is 0.167 e. The Kier molecular flexibility index (Phi) is 4.98. The number of nitrogens with zero attached hydrogens (tertiary/aromatic N) is 2. The lowest BCUT2D eigenvalue weighted by atomic mass is 10.2. The Morgan fingerprint density at radius 1 is 1.29 bits per heavy atom. The van der Waals surface area contributed by atoms with Gasteiger partial charge in [0.1, 0.15) is 0 Å². The van der Waals surface area contributed by atoms with E-state index in [0.29, 0.717) is 18.8 Å². The molecule has 1 heterocycles. The van der Waals surface area contributed by atoms with Gasteiger partial charge in [-0.3, -0.25) is 4.98 Å². The van der Waals surface area contributed by atoms with Crippen LogP contribution in [0.25, 0.3) is 0 Å². The quantitative estimate of drug-likeness (QED) is 0.830. The van der Waals surface area contributed by atoms with Crippen molar-refractivity contribution in [1.82, 2.24) is 4.98 Å². The lowest BCUT2D eigenvalue weighted by Crippen LogP contribution is -2.18. The Hall–Kier alpha value is -2.30. The summed E-state index contributed by atoms with van der Waals surface area (Å²) in [5.41, 5.74) is 8.17. The van der Waals surface area contributed by atoms with E-state index in [2.05, 4.69) is 4.98 Å². The molecule has 4 nitrogen and oxygen atoms in total. The Morgan fingerprint density at radius 2 is 2.00 bits per heavy atom. The van der Waals surface area contributed by atoms with Gasteiger partial charge in [-0.1, -0.05) is 6.92 Å². The normalized spacial score (nSPS) is 10.4. The molecule has 0 aliphatic rings. The van der Waals surface area contributed by atoms with Crippen molar-refractivity contribution in [2.24, 2.45) is 0 Å². The summed E-state index contributed by atoms with van der Waals surface area (Å²) in [6.07, 6.45) is 4.31. The van der Waals surface area contributed by atoms with Crippen LogP contribution >= 0.6 is 0 Å². The predicted octanol–water partition coefficient (Wildman–Crippen LogP) is 3.23. The minimum atomic E-state index is -0.429. The first-order chi connectivity index (χ1) is 10.1. The van der Waals surface area contributed by atoms with Crippen LogP contribution in [0.15, 0.2) is 36.7 Å². The molecule has 0 aliphatic carbocycles. The van der Waals surface area contributed by atoms with Crippen LogP contribution in [0.1, 0.15) is 18.9 Å². The number of aromatic nitrogens is 1. The van der Waals surface area contributed by atoms with Crippen LogP contribution in [0, 0.1) is 5.82 Å². The first-order valence-electron chi connectivity index (χ1n) is 6.93. The van der Waals surface area contributed by atoms with Crippen molar-refractivity contribution in [1.29, 1.82) is 0 Å². The summed E-state index contributed by atoms with van der Waals surface area (Å²) >= 11 is 0. The molecule has 0 saturated carbocycles. The van der Waals surface area contributed by atoms with E-state index < -0.39 is 5.82 Å².